The maximum Gasteiger partial charge on any atom is 0.307 e. The van der Waals surface area contributed by atoms with Crippen molar-refractivity contribution < 1.29 is 14.0 Å². The van der Waals surface area contributed by atoms with Crippen molar-refractivity contribution in [1.82, 2.24) is 10.9 Å². The van der Waals surface area contributed by atoms with Crippen molar-refractivity contribution in [3.8, 4) is 0 Å². The van der Waals surface area contributed by atoms with Gasteiger partial charge in [-0.1, -0.05) is 27.7 Å². The molecule has 126 valence electrons. The van der Waals surface area contributed by atoms with Crippen molar-refractivity contribution in [2.75, 3.05) is 0 Å². The Morgan fingerprint density at radius 1 is 0.826 bits per heavy atom. The molecule has 7 heteroatoms. The van der Waals surface area contributed by atoms with Crippen LogP contribution in [0.25, 0.3) is 0 Å². The largest absolute Gasteiger partial charge is 0.446 e. The lowest BCUT2D eigenvalue weighted by Gasteiger charge is -2.01. The lowest BCUT2D eigenvalue weighted by molar-refractivity contribution is 0.0902. The van der Waals surface area contributed by atoms with Gasteiger partial charge in [-0.2, -0.15) is 10.2 Å². The summed E-state index contributed by atoms with van der Waals surface area (Å²) >= 11 is 0. The highest BCUT2D eigenvalue weighted by molar-refractivity contribution is 5.96. The van der Waals surface area contributed by atoms with E-state index >= 15 is 0 Å². The first-order chi connectivity index (χ1) is 11.0. The van der Waals surface area contributed by atoms with Crippen molar-refractivity contribution in [2.45, 2.75) is 53.4 Å². The van der Waals surface area contributed by atoms with Crippen LogP contribution in [0.15, 0.2) is 26.8 Å². The molecule has 1 aromatic heterocycles. The summed E-state index contributed by atoms with van der Waals surface area (Å²) in [6.07, 6.45) is 3.05. The van der Waals surface area contributed by atoms with Crippen molar-refractivity contribution in [3.05, 3.63) is 23.7 Å². The predicted molar refractivity (Wildman–Crippen MR) is 89.7 cm³/mol. The summed E-state index contributed by atoms with van der Waals surface area (Å²) in [5.41, 5.74) is 6.59. The van der Waals surface area contributed by atoms with Gasteiger partial charge in [0.15, 0.2) is 11.5 Å². The molecule has 23 heavy (non-hydrogen) atoms. The topological polar surface area (TPSA) is 96.1 Å². The molecule has 7 nitrogen and oxygen atoms in total. The number of nitrogens with zero attached hydrogens (tertiary/aromatic N) is 2. The molecule has 1 aromatic rings. The van der Waals surface area contributed by atoms with E-state index in [0.29, 0.717) is 0 Å². The smallest absolute Gasteiger partial charge is 0.307 e. The second kappa shape index (κ2) is 9.55. The predicted octanol–water partition coefficient (Wildman–Crippen LogP) is 3.09. The molecule has 1 rings (SSSR count). The minimum atomic E-state index is -0.491. The summed E-state index contributed by atoms with van der Waals surface area (Å²) in [6.45, 7) is 7.85. The molecule has 0 saturated heterocycles. The molecule has 0 aliphatic rings. The molecule has 1 heterocycles. The van der Waals surface area contributed by atoms with E-state index < -0.39 is 11.8 Å². The summed E-state index contributed by atoms with van der Waals surface area (Å²) in [5, 5.41) is 8.02. The van der Waals surface area contributed by atoms with Gasteiger partial charge in [0.25, 0.3) is 0 Å². The highest BCUT2D eigenvalue weighted by atomic mass is 16.4. The van der Waals surface area contributed by atoms with Crippen LogP contribution in [0, 0.1) is 0 Å². The molecular formula is C16H24N4O3. The summed E-state index contributed by atoms with van der Waals surface area (Å²) in [7, 11) is 0. The Kier molecular flexibility index (Phi) is 7.73. The summed E-state index contributed by atoms with van der Waals surface area (Å²) in [5.74, 6) is -0.925. The average Bonchev–Trinajstić information content (AvgIpc) is 3.06. The van der Waals surface area contributed by atoms with E-state index in [1.54, 1.807) is 0 Å². The van der Waals surface area contributed by atoms with E-state index in [-0.39, 0.29) is 11.5 Å². The Hall–Kier alpha value is -2.44. The lowest BCUT2D eigenvalue weighted by Crippen LogP contribution is -2.20. The number of carbonyl (C=O) groups excluding carboxylic acids is 2. The first-order valence-electron chi connectivity index (χ1n) is 7.86. The van der Waals surface area contributed by atoms with Crippen molar-refractivity contribution in [2.24, 2.45) is 10.2 Å². The number of hydrogen-bond donors (Lipinski definition) is 2. The normalized spacial score (nSPS) is 9.91. The van der Waals surface area contributed by atoms with Gasteiger partial charge in [0.1, 0.15) is 0 Å². The van der Waals surface area contributed by atoms with Crippen LogP contribution in [0.5, 0.6) is 0 Å². The van der Waals surface area contributed by atoms with E-state index in [2.05, 4.69) is 21.1 Å². The van der Waals surface area contributed by atoms with Crippen molar-refractivity contribution >= 4 is 23.2 Å². The molecular weight excluding hydrogens is 296 g/mol. The van der Waals surface area contributed by atoms with Crippen LogP contribution < -0.4 is 10.9 Å². The van der Waals surface area contributed by atoms with Gasteiger partial charge in [0.2, 0.25) is 0 Å². The van der Waals surface area contributed by atoms with Gasteiger partial charge in [-0.25, -0.2) is 10.9 Å². The molecule has 0 saturated carbocycles. The van der Waals surface area contributed by atoms with Gasteiger partial charge in [-0.15, -0.1) is 0 Å². The summed E-state index contributed by atoms with van der Waals surface area (Å²) in [4.78, 5) is 23.8. The number of rotatable bonds is 8. The van der Waals surface area contributed by atoms with Gasteiger partial charge >= 0.3 is 11.8 Å². The standard InChI is InChI=1S/C16H24N4O3/c1-5-11(6-2)17-19-15(21)13-9-10-14(23-13)16(22)20-18-12(7-3)8-4/h9-10H,5-8H2,1-4H3,(H,19,21)(H,20,22). The van der Waals surface area contributed by atoms with Gasteiger partial charge in [0, 0.05) is 11.4 Å². The minimum absolute atomic E-state index is 0.0284. The molecule has 2 amide bonds. The molecule has 0 radical (unpaired) electrons. The number of hydrogen-bond acceptors (Lipinski definition) is 5. The number of carbonyl (C=O) groups is 2. The van der Waals surface area contributed by atoms with E-state index in [4.69, 9.17) is 4.42 Å². The Morgan fingerprint density at radius 2 is 1.17 bits per heavy atom. The summed E-state index contributed by atoms with van der Waals surface area (Å²) < 4.78 is 5.24. The van der Waals surface area contributed by atoms with Crippen LogP contribution in [-0.2, 0) is 0 Å². The lowest BCUT2D eigenvalue weighted by atomic mass is 10.2. The maximum atomic E-state index is 11.9. The zero-order chi connectivity index (χ0) is 17.2. The van der Waals surface area contributed by atoms with Gasteiger partial charge in [-0.05, 0) is 37.8 Å². The van der Waals surface area contributed by atoms with Crippen LogP contribution in [0.3, 0.4) is 0 Å². The fourth-order valence-corrected chi connectivity index (χ4v) is 1.77. The van der Waals surface area contributed by atoms with E-state index in [1.807, 2.05) is 27.7 Å². The van der Waals surface area contributed by atoms with Crippen molar-refractivity contribution in [3.63, 3.8) is 0 Å². The van der Waals surface area contributed by atoms with Gasteiger partial charge in [0.05, 0.1) is 0 Å². The van der Waals surface area contributed by atoms with E-state index in [1.165, 1.54) is 12.1 Å². The first kappa shape index (κ1) is 18.6. The zero-order valence-electron chi connectivity index (χ0n) is 14.1. The van der Waals surface area contributed by atoms with Crippen LogP contribution >= 0.6 is 0 Å². The fraction of sp³-hybridized carbons (Fsp3) is 0.500. The van der Waals surface area contributed by atoms with Crippen LogP contribution in [0.2, 0.25) is 0 Å². The van der Waals surface area contributed by atoms with Crippen LogP contribution in [0.1, 0.15) is 74.5 Å². The van der Waals surface area contributed by atoms with Gasteiger partial charge < -0.3 is 4.42 Å². The van der Waals surface area contributed by atoms with Crippen LogP contribution in [-0.4, -0.2) is 23.2 Å². The first-order valence-corrected chi connectivity index (χ1v) is 7.86. The molecule has 0 atom stereocenters. The number of amides is 2. The SMILES string of the molecule is CCC(CC)=NNC(=O)c1ccc(C(=O)NN=C(CC)CC)o1. The van der Waals surface area contributed by atoms with E-state index in [9.17, 15) is 9.59 Å². The van der Waals surface area contributed by atoms with E-state index in [0.717, 1.165) is 37.1 Å². The summed E-state index contributed by atoms with van der Waals surface area (Å²) in [6, 6.07) is 2.86. The third kappa shape index (κ3) is 5.69. The second-order valence-corrected chi connectivity index (χ2v) is 4.82. The molecule has 2 N–H and O–H groups in total. The minimum Gasteiger partial charge on any atom is -0.446 e. The Bertz CT molecular complexity index is 540. The van der Waals surface area contributed by atoms with Crippen LogP contribution in [0.4, 0.5) is 0 Å². The third-order valence-corrected chi connectivity index (χ3v) is 3.32. The highest BCUT2D eigenvalue weighted by Gasteiger charge is 2.15. The molecule has 0 unspecified atom stereocenters. The quantitative estimate of drug-likeness (QED) is 0.569. The molecule has 0 fully saturated rings. The zero-order valence-corrected chi connectivity index (χ0v) is 14.1. The molecule has 0 spiro atoms. The Morgan fingerprint density at radius 3 is 1.48 bits per heavy atom. The maximum absolute atomic E-state index is 11.9. The Labute approximate surface area is 136 Å². The Balaban J connectivity index is 2.70. The monoisotopic (exact) mass is 320 g/mol. The number of nitrogens with one attached hydrogen (secondary N) is 2. The third-order valence-electron chi connectivity index (χ3n) is 3.32. The van der Waals surface area contributed by atoms with Crippen molar-refractivity contribution in [1.29, 1.82) is 0 Å². The molecule has 0 bridgehead atoms. The second-order valence-electron chi connectivity index (χ2n) is 4.82. The highest BCUT2D eigenvalue weighted by Crippen LogP contribution is 2.08. The molecule has 0 aromatic carbocycles. The molecule has 0 aliphatic heterocycles. The van der Waals surface area contributed by atoms with Gasteiger partial charge in [-0.3, -0.25) is 9.59 Å². The number of hydrazone groups is 2. The fourth-order valence-electron chi connectivity index (χ4n) is 1.77. The number of furan rings is 1. The molecule has 0 aliphatic carbocycles. The average molecular weight is 320 g/mol.